The zero-order valence-electron chi connectivity index (χ0n) is 11.2. The molecule has 0 saturated carbocycles. The number of fused-ring (bicyclic) bond motifs is 1. The van der Waals surface area contributed by atoms with Gasteiger partial charge in [0.2, 0.25) is 0 Å². The lowest BCUT2D eigenvalue weighted by molar-refractivity contribution is 0.590. The molecule has 0 N–H and O–H groups in total. The molecule has 2 aromatic rings. The normalized spacial score (nSPS) is 12.3. The average Bonchev–Trinajstić information content (AvgIpc) is 2.50. The molecule has 0 aliphatic rings. The van der Waals surface area contributed by atoms with Crippen LogP contribution in [0.15, 0.2) is 23.0 Å². The van der Waals surface area contributed by atoms with Gasteiger partial charge in [0.05, 0.1) is 11.0 Å². The highest BCUT2D eigenvalue weighted by atomic mass is 16.1. The summed E-state index contributed by atoms with van der Waals surface area (Å²) in [6.45, 7) is 9.27. The lowest BCUT2D eigenvalue weighted by Gasteiger charge is -2.19. The molecule has 0 radical (unpaired) electrons. The van der Waals surface area contributed by atoms with Crippen molar-refractivity contribution in [1.82, 2.24) is 9.13 Å². The predicted octanol–water partition coefficient (Wildman–Crippen LogP) is 2.66. The van der Waals surface area contributed by atoms with E-state index in [9.17, 15) is 4.79 Å². The second kappa shape index (κ2) is 3.76. The molecule has 0 spiro atoms. The maximum atomic E-state index is 12.0. The first-order chi connectivity index (χ1) is 7.86. The zero-order valence-corrected chi connectivity index (χ0v) is 11.2. The van der Waals surface area contributed by atoms with Crippen LogP contribution in [0.3, 0.4) is 0 Å². The molecule has 1 aromatic heterocycles. The number of nitrogens with zero attached hydrogens (tertiary/aromatic N) is 2. The zero-order chi connectivity index (χ0) is 12.8. The Labute approximate surface area is 102 Å². The van der Waals surface area contributed by atoms with E-state index in [0.29, 0.717) is 6.54 Å². The summed E-state index contributed by atoms with van der Waals surface area (Å²) in [5.41, 5.74) is 3.47. The van der Waals surface area contributed by atoms with Crippen LogP contribution in [-0.4, -0.2) is 9.13 Å². The molecule has 3 heteroatoms. The van der Waals surface area contributed by atoms with Crippen LogP contribution in [0.1, 0.15) is 33.3 Å². The Bertz CT molecular complexity index is 611. The summed E-state index contributed by atoms with van der Waals surface area (Å²) in [5.74, 6) is 0. The highest BCUT2D eigenvalue weighted by molar-refractivity contribution is 5.77. The third kappa shape index (κ3) is 1.79. The maximum absolute atomic E-state index is 12.0. The molecule has 92 valence electrons. The van der Waals surface area contributed by atoms with Crippen LogP contribution in [-0.2, 0) is 19.0 Å². The van der Waals surface area contributed by atoms with Crippen LogP contribution < -0.4 is 5.69 Å². The second-order valence-corrected chi connectivity index (χ2v) is 5.54. The molecule has 0 aliphatic carbocycles. The van der Waals surface area contributed by atoms with Crippen LogP contribution in [0.2, 0.25) is 0 Å². The molecule has 1 aromatic carbocycles. The summed E-state index contributed by atoms with van der Waals surface area (Å²) in [5, 5.41) is 0. The van der Waals surface area contributed by atoms with Crippen molar-refractivity contribution < 1.29 is 0 Å². The van der Waals surface area contributed by atoms with Gasteiger partial charge in [-0.1, -0.05) is 26.8 Å². The summed E-state index contributed by atoms with van der Waals surface area (Å²) < 4.78 is 3.54. The van der Waals surface area contributed by atoms with Crippen LogP contribution in [0.5, 0.6) is 0 Å². The third-order valence-corrected chi connectivity index (χ3v) is 3.33. The van der Waals surface area contributed by atoms with Crippen LogP contribution in [0, 0.1) is 0 Å². The van der Waals surface area contributed by atoms with E-state index in [0.717, 1.165) is 11.0 Å². The van der Waals surface area contributed by atoms with Gasteiger partial charge in [0.1, 0.15) is 0 Å². The highest BCUT2D eigenvalue weighted by Gasteiger charge is 2.16. The Kier molecular flexibility index (Phi) is 2.64. The van der Waals surface area contributed by atoms with Crippen molar-refractivity contribution in [3.8, 4) is 0 Å². The molecule has 0 atom stereocenters. The van der Waals surface area contributed by atoms with Gasteiger partial charge in [-0.25, -0.2) is 4.79 Å². The number of hydrogen-bond donors (Lipinski definition) is 0. The van der Waals surface area contributed by atoms with Gasteiger partial charge in [0.25, 0.3) is 0 Å². The topological polar surface area (TPSA) is 26.9 Å². The first kappa shape index (κ1) is 12.0. The minimum absolute atomic E-state index is 0.0635. The van der Waals surface area contributed by atoms with Crippen molar-refractivity contribution in [2.24, 2.45) is 7.05 Å². The molecule has 0 aliphatic heterocycles. The van der Waals surface area contributed by atoms with Crippen molar-refractivity contribution in [2.75, 3.05) is 0 Å². The third-order valence-electron chi connectivity index (χ3n) is 3.33. The lowest BCUT2D eigenvalue weighted by atomic mass is 9.87. The highest BCUT2D eigenvalue weighted by Crippen LogP contribution is 2.25. The summed E-state index contributed by atoms with van der Waals surface area (Å²) in [7, 11) is 1.83. The van der Waals surface area contributed by atoms with Gasteiger partial charge in [-0.05, 0) is 30.0 Å². The fraction of sp³-hybridized carbons (Fsp3) is 0.500. The minimum atomic E-state index is 0.0635. The Hall–Kier alpha value is -1.51. The van der Waals surface area contributed by atoms with Gasteiger partial charge in [-0.15, -0.1) is 0 Å². The molecular weight excluding hydrogens is 212 g/mol. The summed E-state index contributed by atoms with van der Waals surface area (Å²) >= 11 is 0. The fourth-order valence-corrected chi connectivity index (χ4v) is 2.18. The molecule has 0 amide bonds. The molecule has 1 heterocycles. The molecule has 0 unspecified atom stereocenters. The van der Waals surface area contributed by atoms with Crippen LogP contribution >= 0.6 is 0 Å². The maximum Gasteiger partial charge on any atom is 0.328 e. The smallest absolute Gasteiger partial charge is 0.295 e. The standard InChI is InChI=1S/C14H20N2O/c1-6-16-12-9-10(14(2,3)4)7-8-11(12)15(5)13(16)17/h7-9H,6H2,1-5H3. The van der Waals surface area contributed by atoms with E-state index in [2.05, 4.69) is 32.9 Å². The SMILES string of the molecule is CCn1c(=O)n(C)c2ccc(C(C)(C)C)cc21. The van der Waals surface area contributed by atoms with Gasteiger partial charge < -0.3 is 0 Å². The van der Waals surface area contributed by atoms with E-state index in [4.69, 9.17) is 0 Å². The van der Waals surface area contributed by atoms with Crippen LogP contribution in [0.25, 0.3) is 11.0 Å². The van der Waals surface area contributed by atoms with Crippen molar-refractivity contribution in [2.45, 2.75) is 39.7 Å². The molecular formula is C14H20N2O. The number of hydrogen-bond acceptors (Lipinski definition) is 1. The minimum Gasteiger partial charge on any atom is -0.295 e. The fourth-order valence-electron chi connectivity index (χ4n) is 2.18. The largest absolute Gasteiger partial charge is 0.328 e. The first-order valence-electron chi connectivity index (χ1n) is 6.06. The van der Waals surface area contributed by atoms with Crippen molar-refractivity contribution in [1.29, 1.82) is 0 Å². The van der Waals surface area contributed by atoms with E-state index in [-0.39, 0.29) is 11.1 Å². The van der Waals surface area contributed by atoms with Gasteiger partial charge in [-0.3, -0.25) is 9.13 Å². The van der Waals surface area contributed by atoms with E-state index >= 15 is 0 Å². The van der Waals surface area contributed by atoms with E-state index in [1.54, 1.807) is 4.57 Å². The van der Waals surface area contributed by atoms with E-state index in [1.807, 2.05) is 24.6 Å². The number of imidazole rings is 1. The Morgan fingerprint density at radius 2 is 1.82 bits per heavy atom. The quantitative estimate of drug-likeness (QED) is 0.742. The lowest BCUT2D eigenvalue weighted by Crippen LogP contribution is -2.21. The Morgan fingerprint density at radius 3 is 2.35 bits per heavy atom. The van der Waals surface area contributed by atoms with Crippen molar-refractivity contribution >= 4 is 11.0 Å². The van der Waals surface area contributed by atoms with Gasteiger partial charge >= 0.3 is 5.69 Å². The predicted molar refractivity (Wildman–Crippen MR) is 71.6 cm³/mol. The number of rotatable bonds is 1. The summed E-state index contributed by atoms with van der Waals surface area (Å²) in [6.07, 6.45) is 0. The first-order valence-corrected chi connectivity index (χ1v) is 6.06. The molecule has 3 nitrogen and oxygen atoms in total. The van der Waals surface area contributed by atoms with Gasteiger partial charge in [-0.2, -0.15) is 0 Å². The Morgan fingerprint density at radius 1 is 1.18 bits per heavy atom. The number of aromatic nitrogens is 2. The van der Waals surface area contributed by atoms with Crippen molar-refractivity contribution in [3.63, 3.8) is 0 Å². The molecule has 0 bridgehead atoms. The molecule has 0 saturated heterocycles. The average molecular weight is 232 g/mol. The molecule has 0 fully saturated rings. The van der Waals surface area contributed by atoms with Gasteiger partial charge in [0.15, 0.2) is 0 Å². The summed E-state index contributed by atoms with van der Waals surface area (Å²) in [6, 6.07) is 6.30. The second-order valence-electron chi connectivity index (χ2n) is 5.54. The van der Waals surface area contributed by atoms with Crippen LogP contribution in [0.4, 0.5) is 0 Å². The van der Waals surface area contributed by atoms with E-state index in [1.165, 1.54) is 5.56 Å². The molecule has 2 rings (SSSR count). The number of benzene rings is 1. The van der Waals surface area contributed by atoms with Gasteiger partial charge in [0, 0.05) is 13.6 Å². The summed E-state index contributed by atoms with van der Waals surface area (Å²) in [4.78, 5) is 12.0. The number of aryl methyl sites for hydroxylation is 2. The van der Waals surface area contributed by atoms with E-state index < -0.39 is 0 Å². The molecule has 17 heavy (non-hydrogen) atoms. The van der Waals surface area contributed by atoms with Crippen molar-refractivity contribution in [3.05, 3.63) is 34.2 Å². The monoisotopic (exact) mass is 232 g/mol. The Balaban J connectivity index is 2.82.